The summed E-state index contributed by atoms with van der Waals surface area (Å²) in [5.41, 5.74) is 9.32. The Balaban J connectivity index is 0.000000403. The van der Waals surface area contributed by atoms with Crippen LogP contribution in [-0.2, 0) is 23.0 Å². The highest BCUT2D eigenvalue weighted by atomic mass is 35.5. The van der Waals surface area contributed by atoms with Gasteiger partial charge in [-0.2, -0.15) is 5.10 Å². The second-order valence-electron chi connectivity index (χ2n) is 12.3. The molecule has 45 heavy (non-hydrogen) atoms. The highest BCUT2D eigenvalue weighted by Crippen LogP contribution is 2.42. The molecule has 1 saturated heterocycles. The number of aryl methyl sites for hydroxylation is 2. The van der Waals surface area contributed by atoms with Crippen molar-refractivity contribution in [3.63, 3.8) is 0 Å². The summed E-state index contributed by atoms with van der Waals surface area (Å²) < 4.78 is 7.43. The maximum Gasteiger partial charge on any atom is 0.293 e. The largest absolute Gasteiger partial charge is 0.468 e. The minimum absolute atomic E-state index is 0.431. The molecule has 240 valence electrons. The molecule has 3 aromatic carbocycles. The summed E-state index contributed by atoms with van der Waals surface area (Å²) in [7, 11) is 2.05. The molecule has 0 unspecified atom stereocenters. The van der Waals surface area contributed by atoms with Gasteiger partial charge in [0.15, 0.2) is 0 Å². The number of nitrogens with zero attached hydrogens (tertiary/aromatic N) is 3. The number of carbonyl (C=O) groups is 1. The van der Waals surface area contributed by atoms with Gasteiger partial charge in [0.1, 0.15) is 5.01 Å². The molecule has 1 fully saturated rings. The molecule has 7 nitrogen and oxygen atoms in total. The predicted molar refractivity (Wildman–Crippen MR) is 188 cm³/mol. The maximum atomic E-state index is 9.18. The Morgan fingerprint density at radius 1 is 1.09 bits per heavy atom. The van der Waals surface area contributed by atoms with Gasteiger partial charge in [0, 0.05) is 34.5 Å². The normalized spacial score (nSPS) is 13.6. The lowest BCUT2D eigenvalue weighted by Gasteiger charge is -2.21. The Morgan fingerprint density at radius 3 is 2.31 bits per heavy atom. The lowest BCUT2D eigenvalue weighted by molar-refractivity contribution is -0.128. The van der Waals surface area contributed by atoms with Crippen molar-refractivity contribution >= 4 is 50.5 Å². The molecule has 0 radical (unpaired) electrons. The number of halogens is 1. The Hall–Kier alpha value is -3.30. The fraction of sp³-hybridized carbons (Fsp3) is 0.417. The number of piperidine rings is 1. The van der Waals surface area contributed by atoms with Gasteiger partial charge in [-0.3, -0.25) is 9.48 Å². The van der Waals surface area contributed by atoms with E-state index < -0.39 is 5.60 Å². The fourth-order valence-corrected chi connectivity index (χ4v) is 6.89. The van der Waals surface area contributed by atoms with Crippen LogP contribution in [0.5, 0.6) is 0 Å². The molecule has 6 rings (SSSR count). The summed E-state index contributed by atoms with van der Waals surface area (Å²) >= 11 is 7.99. The second kappa shape index (κ2) is 15.3. The predicted octanol–water partition coefficient (Wildman–Crippen LogP) is 8.46. The van der Waals surface area contributed by atoms with Crippen LogP contribution in [0, 0.1) is 6.92 Å². The van der Waals surface area contributed by atoms with E-state index in [2.05, 4.69) is 67.3 Å². The molecule has 0 saturated carbocycles. The van der Waals surface area contributed by atoms with Crippen LogP contribution in [0.4, 0.5) is 0 Å². The van der Waals surface area contributed by atoms with Crippen molar-refractivity contribution in [2.45, 2.75) is 72.3 Å². The highest BCUT2D eigenvalue weighted by Gasteiger charge is 2.23. The Labute approximate surface area is 275 Å². The van der Waals surface area contributed by atoms with Gasteiger partial charge in [0.05, 0.1) is 33.6 Å². The third-order valence-electron chi connectivity index (χ3n) is 7.58. The summed E-state index contributed by atoms with van der Waals surface area (Å²) in [5, 5.41) is 20.0. The van der Waals surface area contributed by atoms with Gasteiger partial charge in [-0.25, -0.2) is 4.98 Å². The van der Waals surface area contributed by atoms with Gasteiger partial charge in [0.2, 0.25) is 0 Å². The van der Waals surface area contributed by atoms with Gasteiger partial charge in [-0.15, -0.1) is 11.3 Å². The SMILES string of the molecule is CC(C)(C)O.CCOC=O.CCc1c(C)cc2nc(-c3ccc4c(c3)c(C3CCNCC3)nn4C)sc2c1-c1ccc(Cl)cc1. The second-order valence-corrected chi connectivity index (χ2v) is 13.7. The molecule has 0 aliphatic carbocycles. The number of ether oxygens (including phenoxy) is 1. The minimum Gasteiger partial charge on any atom is -0.468 e. The van der Waals surface area contributed by atoms with Gasteiger partial charge < -0.3 is 15.2 Å². The number of aromatic nitrogens is 3. The van der Waals surface area contributed by atoms with Crippen molar-refractivity contribution in [3.05, 3.63) is 70.4 Å². The molecule has 1 aliphatic heterocycles. The molecule has 0 bridgehead atoms. The summed E-state index contributed by atoms with van der Waals surface area (Å²) in [5.74, 6) is 0.511. The van der Waals surface area contributed by atoms with Crippen LogP contribution in [0.2, 0.25) is 5.02 Å². The van der Waals surface area contributed by atoms with Crippen molar-refractivity contribution < 1.29 is 14.6 Å². The number of fused-ring (bicyclic) bond motifs is 2. The smallest absolute Gasteiger partial charge is 0.293 e. The van der Waals surface area contributed by atoms with E-state index in [1.807, 2.05) is 16.8 Å². The molecule has 2 aromatic heterocycles. The van der Waals surface area contributed by atoms with Gasteiger partial charge in [-0.05, 0) is 120 Å². The number of rotatable bonds is 6. The van der Waals surface area contributed by atoms with Crippen molar-refractivity contribution in [1.29, 1.82) is 0 Å². The third kappa shape index (κ3) is 8.70. The number of benzene rings is 3. The molecule has 3 heterocycles. The Morgan fingerprint density at radius 2 is 1.73 bits per heavy atom. The van der Waals surface area contributed by atoms with Crippen LogP contribution >= 0.6 is 22.9 Å². The van der Waals surface area contributed by atoms with Crippen molar-refractivity contribution in [3.8, 4) is 21.7 Å². The van der Waals surface area contributed by atoms with Crippen molar-refractivity contribution in [2.75, 3.05) is 19.7 Å². The minimum atomic E-state index is -0.500. The van der Waals surface area contributed by atoms with E-state index in [0.717, 1.165) is 47.9 Å². The lowest BCUT2D eigenvalue weighted by Crippen LogP contribution is -2.26. The number of thiazole rings is 1. The van der Waals surface area contributed by atoms with E-state index in [0.29, 0.717) is 19.0 Å². The van der Waals surface area contributed by atoms with Gasteiger partial charge in [0.25, 0.3) is 6.47 Å². The summed E-state index contributed by atoms with van der Waals surface area (Å²) in [6.45, 7) is 14.4. The van der Waals surface area contributed by atoms with Crippen molar-refractivity contribution in [1.82, 2.24) is 20.1 Å². The first-order chi connectivity index (χ1) is 21.4. The Bertz CT molecular complexity index is 1730. The van der Waals surface area contributed by atoms with Crippen LogP contribution in [-0.4, -0.2) is 51.6 Å². The number of carbonyl (C=O) groups excluding carboxylic acids is 1. The zero-order chi connectivity index (χ0) is 32.7. The van der Waals surface area contributed by atoms with Gasteiger partial charge in [-0.1, -0.05) is 30.7 Å². The molecular formula is C36H45ClN4O3S. The summed E-state index contributed by atoms with van der Waals surface area (Å²) in [4.78, 5) is 14.3. The number of aliphatic hydroxyl groups is 1. The molecule has 1 aliphatic rings. The summed E-state index contributed by atoms with van der Waals surface area (Å²) in [6.07, 6.45) is 3.26. The maximum absolute atomic E-state index is 9.18. The third-order valence-corrected chi connectivity index (χ3v) is 8.97. The molecular weight excluding hydrogens is 604 g/mol. The topological polar surface area (TPSA) is 89.3 Å². The van der Waals surface area contributed by atoms with E-state index >= 15 is 0 Å². The zero-order valence-corrected chi connectivity index (χ0v) is 29.0. The van der Waals surface area contributed by atoms with Crippen LogP contribution < -0.4 is 5.32 Å². The zero-order valence-electron chi connectivity index (χ0n) is 27.4. The number of hydrogen-bond acceptors (Lipinski definition) is 7. The molecule has 0 amide bonds. The average molecular weight is 649 g/mol. The van der Waals surface area contributed by atoms with E-state index in [4.69, 9.17) is 26.8 Å². The van der Waals surface area contributed by atoms with Crippen LogP contribution in [0.1, 0.15) is 70.2 Å². The van der Waals surface area contributed by atoms with E-state index in [1.165, 1.54) is 49.1 Å². The summed E-state index contributed by atoms with van der Waals surface area (Å²) in [6, 6.07) is 17.2. The van der Waals surface area contributed by atoms with Crippen molar-refractivity contribution in [2.24, 2.45) is 7.05 Å². The van der Waals surface area contributed by atoms with E-state index in [-0.39, 0.29) is 0 Å². The van der Waals surface area contributed by atoms with E-state index in [9.17, 15) is 4.79 Å². The van der Waals surface area contributed by atoms with Crippen LogP contribution in [0.3, 0.4) is 0 Å². The van der Waals surface area contributed by atoms with Gasteiger partial charge >= 0.3 is 0 Å². The lowest BCUT2D eigenvalue weighted by atomic mass is 9.92. The standard InChI is InChI=1S/C29H29ClN4S.C4H10O.C3H6O2/c1-4-22-17(2)15-24-28(26(22)18-5-8-21(30)9-6-18)35-29(32-24)20-7-10-25-23(16-20)27(33-34(25)3)19-11-13-31-14-12-19;1-4(2,3)5;1-2-5-3-4/h5-10,15-16,19,31H,4,11-14H2,1-3H3;5H,1-3H3;3H,2H2,1H3. The quantitative estimate of drug-likeness (QED) is 0.180. The highest BCUT2D eigenvalue weighted by molar-refractivity contribution is 7.22. The first-order valence-corrected chi connectivity index (χ1v) is 16.8. The average Bonchev–Trinajstić information content (AvgIpc) is 3.58. The first-order valence-electron chi connectivity index (χ1n) is 15.6. The Kier molecular flexibility index (Phi) is 11.8. The number of hydrogen-bond donors (Lipinski definition) is 2. The van der Waals surface area contributed by atoms with Crippen LogP contribution in [0.15, 0.2) is 48.5 Å². The number of nitrogens with one attached hydrogen (secondary N) is 1. The molecule has 2 N–H and O–H groups in total. The molecule has 0 atom stereocenters. The van der Waals surface area contributed by atoms with E-state index in [1.54, 1.807) is 39.0 Å². The first kappa shape index (κ1) is 34.6. The molecule has 0 spiro atoms. The van der Waals surface area contributed by atoms with Crippen LogP contribution in [0.25, 0.3) is 42.8 Å². The molecule has 5 aromatic rings. The monoisotopic (exact) mass is 648 g/mol. The fourth-order valence-electron chi connectivity index (χ4n) is 5.63. The molecule has 9 heteroatoms.